The molecule has 82 valence electrons. The van der Waals surface area contributed by atoms with Crippen molar-refractivity contribution < 1.29 is 0 Å². The molecule has 1 heterocycles. The van der Waals surface area contributed by atoms with E-state index in [0.717, 1.165) is 5.70 Å². The Morgan fingerprint density at radius 2 is 1.87 bits per heavy atom. The Balaban J connectivity index is 3.10. The molecule has 0 radical (unpaired) electrons. The van der Waals surface area contributed by atoms with E-state index in [-0.39, 0.29) is 5.41 Å². The average molecular weight is 204 g/mol. The molecule has 0 saturated heterocycles. The van der Waals surface area contributed by atoms with E-state index in [2.05, 4.69) is 64.8 Å². The van der Waals surface area contributed by atoms with Crippen LogP contribution in [0.1, 0.15) is 34.6 Å². The minimum atomic E-state index is 0.145. The quantitative estimate of drug-likeness (QED) is 0.595. The predicted molar refractivity (Wildman–Crippen MR) is 66.4 cm³/mol. The summed E-state index contributed by atoms with van der Waals surface area (Å²) in [6.07, 6.45) is 6.31. The molecule has 1 aliphatic rings. The summed E-state index contributed by atoms with van der Waals surface area (Å²) in [7, 11) is 0. The number of hydrogen-bond acceptors (Lipinski definition) is 2. The van der Waals surface area contributed by atoms with Gasteiger partial charge in [-0.05, 0) is 30.9 Å². The highest BCUT2D eigenvalue weighted by Gasteiger charge is 2.19. The van der Waals surface area contributed by atoms with Gasteiger partial charge >= 0.3 is 0 Å². The van der Waals surface area contributed by atoms with Gasteiger partial charge in [-0.1, -0.05) is 32.4 Å². The molecule has 0 bridgehead atoms. The van der Waals surface area contributed by atoms with E-state index < -0.39 is 0 Å². The van der Waals surface area contributed by atoms with Crippen molar-refractivity contribution in [2.75, 3.05) is 0 Å². The lowest BCUT2D eigenvalue weighted by molar-refractivity contribution is 0.456. The van der Waals surface area contributed by atoms with Crippen molar-refractivity contribution >= 4 is 6.72 Å². The molecule has 15 heavy (non-hydrogen) atoms. The monoisotopic (exact) mass is 204 g/mol. The van der Waals surface area contributed by atoms with Crippen LogP contribution in [0.4, 0.5) is 0 Å². The van der Waals surface area contributed by atoms with Crippen molar-refractivity contribution in [3.63, 3.8) is 0 Å². The van der Waals surface area contributed by atoms with E-state index in [9.17, 15) is 0 Å². The fraction of sp³-hybridized carbons (Fsp3) is 0.462. The van der Waals surface area contributed by atoms with Gasteiger partial charge in [-0.2, -0.15) is 5.10 Å². The van der Waals surface area contributed by atoms with Crippen LogP contribution in [-0.4, -0.2) is 11.7 Å². The minimum absolute atomic E-state index is 0.145. The van der Waals surface area contributed by atoms with Crippen LogP contribution in [0, 0.1) is 5.41 Å². The van der Waals surface area contributed by atoms with Gasteiger partial charge < -0.3 is 0 Å². The molecule has 2 nitrogen and oxygen atoms in total. The Hall–Kier alpha value is -1.31. The van der Waals surface area contributed by atoms with Crippen molar-refractivity contribution in [3.8, 4) is 0 Å². The molecule has 1 rings (SSSR count). The smallest absolute Gasteiger partial charge is 0.0631 e. The van der Waals surface area contributed by atoms with Crippen molar-refractivity contribution in [1.29, 1.82) is 0 Å². The van der Waals surface area contributed by atoms with Crippen LogP contribution < -0.4 is 0 Å². The summed E-state index contributed by atoms with van der Waals surface area (Å²) in [5.74, 6) is 0. The van der Waals surface area contributed by atoms with E-state index in [1.165, 1.54) is 11.1 Å². The van der Waals surface area contributed by atoms with Gasteiger partial charge in [-0.25, -0.2) is 5.01 Å². The maximum atomic E-state index is 4.01. The third-order valence-corrected chi connectivity index (χ3v) is 2.46. The molecule has 0 amide bonds. The molecule has 2 heteroatoms. The first-order valence-electron chi connectivity index (χ1n) is 5.20. The molecule has 0 aromatic heterocycles. The zero-order valence-corrected chi connectivity index (χ0v) is 10.3. The maximum absolute atomic E-state index is 4.01. The molecule has 0 unspecified atom stereocenters. The first kappa shape index (κ1) is 11.8. The molecule has 0 saturated carbocycles. The molecule has 1 aliphatic heterocycles. The van der Waals surface area contributed by atoms with Crippen LogP contribution >= 0.6 is 0 Å². The maximum Gasteiger partial charge on any atom is 0.0631 e. The molecule has 0 N–H and O–H groups in total. The lowest BCUT2D eigenvalue weighted by Crippen LogP contribution is -2.18. The Morgan fingerprint density at radius 1 is 1.27 bits per heavy atom. The van der Waals surface area contributed by atoms with Gasteiger partial charge in [-0.15, -0.1) is 0 Å². The van der Waals surface area contributed by atoms with Gasteiger partial charge in [0.25, 0.3) is 0 Å². The molecule has 0 aromatic rings. The van der Waals surface area contributed by atoms with Crippen LogP contribution in [0.3, 0.4) is 0 Å². The Morgan fingerprint density at radius 3 is 2.27 bits per heavy atom. The molecule has 0 aliphatic carbocycles. The highest BCUT2D eigenvalue weighted by atomic mass is 15.4. The van der Waals surface area contributed by atoms with Crippen molar-refractivity contribution in [2.24, 2.45) is 10.5 Å². The van der Waals surface area contributed by atoms with Crippen molar-refractivity contribution in [3.05, 3.63) is 35.2 Å². The molecular formula is C13H20N2. The number of rotatable bonds is 1. The Bertz CT molecular complexity index is 347. The molecule has 0 spiro atoms. The standard InChI is InChI=1S/C13H20N2/c1-10(2)12-8-7-11(13(3,4)5)9-15(12)14-6/h7-9H,6H2,1-5H3. The van der Waals surface area contributed by atoms with Crippen LogP contribution in [0.15, 0.2) is 40.3 Å². The SMILES string of the molecule is C=NN1C=C(C(C)(C)C)C=CC1=C(C)C. The van der Waals surface area contributed by atoms with Gasteiger partial charge in [0.15, 0.2) is 0 Å². The van der Waals surface area contributed by atoms with Crippen molar-refractivity contribution in [2.45, 2.75) is 34.6 Å². The number of nitrogens with zero attached hydrogens (tertiary/aromatic N) is 2. The molecule has 0 aromatic carbocycles. The third kappa shape index (κ3) is 2.58. The van der Waals surface area contributed by atoms with E-state index in [0.29, 0.717) is 0 Å². The van der Waals surface area contributed by atoms with Gasteiger partial charge in [0.1, 0.15) is 0 Å². The number of allylic oxidation sites excluding steroid dienone is 4. The topological polar surface area (TPSA) is 15.6 Å². The summed E-state index contributed by atoms with van der Waals surface area (Å²) in [5, 5.41) is 5.85. The summed E-state index contributed by atoms with van der Waals surface area (Å²) < 4.78 is 0. The largest absolute Gasteiger partial charge is 0.241 e. The van der Waals surface area contributed by atoms with Gasteiger partial charge in [-0.3, -0.25) is 0 Å². The van der Waals surface area contributed by atoms with Crippen LogP contribution in [-0.2, 0) is 0 Å². The number of hydrogen-bond donors (Lipinski definition) is 0. The van der Waals surface area contributed by atoms with E-state index >= 15 is 0 Å². The average Bonchev–Trinajstić information content (AvgIpc) is 2.15. The molecular weight excluding hydrogens is 184 g/mol. The van der Waals surface area contributed by atoms with E-state index in [4.69, 9.17) is 0 Å². The second kappa shape index (κ2) is 4.05. The Kier molecular flexibility index (Phi) is 3.18. The Labute approximate surface area is 92.7 Å². The summed E-state index contributed by atoms with van der Waals surface area (Å²) in [6.45, 7) is 14.3. The lowest BCUT2D eigenvalue weighted by Gasteiger charge is -2.28. The second-order valence-electron chi connectivity index (χ2n) is 5.04. The van der Waals surface area contributed by atoms with E-state index in [1.807, 2.05) is 5.01 Å². The summed E-state index contributed by atoms with van der Waals surface area (Å²) in [4.78, 5) is 0. The lowest BCUT2D eigenvalue weighted by atomic mass is 9.85. The molecule has 0 atom stereocenters. The van der Waals surface area contributed by atoms with Crippen LogP contribution in [0.5, 0.6) is 0 Å². The normalized spacial score (nSPS) is 16.5. The minimum Gasteiger partial charge on any atom is -0.241 e. The van der Waals surface area contributed by atoms with Crippen LogP contribution in [0.25, 0.3) is 0 Å². The number of hydrazone groups is 1. The molecule has 0 fully saturated rings. The second-order valence-corrected chi connectivity index (χ2v) is 5.04. The first-order valence-corrected chi connectivity index (χ1v) is 5.20. The third-order valence-electron chi connectivity index (χ3n) is 2.46. The highest BCUT2D eigenvalue weighted by molar-refractivity contribution is 5.39. The van der Waals surface area contributed by atoms with Crippen LogP contribution in [0.2, 0.25) is 0 Å². The van der Waals surface area contributed by atoms with Gasteiger partial charge in [0.2, 0.25) is 0 Å². The first-order chi connectivity index (χ1) is 6.86. The van der Waals surface area contributed by atoms with Gasteiger partial charge in [0, 0.05) is 12.9 Å². The predicted octanol–water partition coefficient (Wildman–Crippen LogP) is 3.70. The zero-order chi connectivity index (χ0) is 11.6. The fourth-order valence-electron chi connectivity index (χ4n) is 1.45. The zero-order valence-electron chi connectivity index (χ0n) is 10.3. The summed E-state index contributed by atoms with van der Waals surface area (Å²) >= 11 is 0. The van der Waals surface area contributed by atoms with Crippen molar-refractivity contribution in [1.82, 2.24) is 5.01 Å². The van der Waals surface area contributed by atoms with E-state index in [1.54, 1.807) is 0 Å². The fourth-order valence-corrected chi connectivity index (χ4v) is 1.45. The van der Waals surface area contributed by atoms with Gasteiger partial charge in [0.05, 0.1) is 5.70 Å². The summed E-state index contributed by atoms with van der Waals surface area (Å²) in [6, 6.07) is 0. The summed E-state index contributed by atoms with van der Waals surface area (Å²) in [5.41, 5.74) is 3.76. The highest BCUT2D eigenvalue weighted by Crippen LogP contribution is 2.31.